The summed E-state index contributed by atoms with van der Waals surface area (Å²) >= 11 is 0. The second kappa shape index (κ2) is 5.61. The van der Waals surface area contributed by atoms with Crippen molar-refractivity contribution in [3.63, 3.8) is 0 Å². The molecular formula is C17H21NO2. The Kier molecular flexibility index (Phi) is 4.07. The van der Waals surface area contributed by atoms with Crippen LogP contribution in [0, 0.1) is 5.41 Å². The molecule has 0 saturated carbocycles. The molecule has 1 aromatic rings. The predicted molar refractivity (Wildman–Crippen MR) is 81.0 cm³/mol. The lowest BCUT2D eigenvalue weighted by Crippen LogP contribution is -2.26. The van der Waals surface area contributed by atoms with Crippen molar-refractivity contribution in [1.82, 2.24) is 0 Å². The Labute approximate surface area is 120 Å². The van der Waals surface area contributed by atoms with Gasteiger partial charge in [0.15, 0.2) is 5.78 Å². The molecule has 0 bridgehead atoms. The predicted octanol–water partition coefficient (Wildman–Crippen LogP) is 4.02. The maximum Gasteiger partial charge on any atom is 0.168 e. The van der Waals surface area contributed by atoms with E-state index in [2.05, 4.69) is 4.99 Å². The number of aliphatic hydroxyl groups is 1. The zero-order valence-electron chi connectivity index (χ0n) is 12.3. The highest BCUT2D eigenvalue weighted by Crippen LogP contribution is 2.35. The Morgan fingerprint density at radius 2 is 1.90 bits per heavy atom. The van der Waals surface area contributed by atoms with Crippen molar-refractivity contribution in [2.75, 3.05) is 0 Å². The van der Waals surface area contributed by atoms with Gasteiger partial charge in [-0.15, -0.1) is 0 Å². The third kappa shape index (κ3) is 3.35. The Morgan fingerprint density at radius 3 is 2.50 bits per heavy atom. The molecule has 20 heavy (non-hydrogen) atoms. The van der Waals surface area contributed by atoms with E-state index in [1.54, 1.807) is 0 Å². The first kappa shape index (κ1) is 14.5. The molecule has 0 spiro atoms. The number of rotatable bonds is 3. The largest absolute Gasteiger partial charge is 0.511 e. The second-order valence-electron chi connectivity index (χ2n) is 6.17. The molecule has 2 rings (SSSR count). The molecule has 1 atom stereocenters. The number of carbonyl (C=O) groups excluding carboxylic acids is 1. The third-order valence-corrected chi connectivity index (χ3v) is 3.61. The van der Waals surface area contributed by atoms with E-state index in [9.17, 15) is 9.90 Å². The molecule has 0 saturated heterocycles. The molecule has 3 nitrogen and oxygen atoms in total. The SMILES string of the molecule is C[C@@H](N=CC1=C(O)CC(C)(C)CC1=O)c1ccccc1. The molecule has 0 fully saturated rings. The van der Waals surface area contributed by atoms with Gasteiger partial charge in [-0.05, 0) is 17.9 Å². The topological polar surface area (TPSA) is 49.7 Å². The average Bonchev–Trinajstić information content (AvgIpc) is 2.37. The van der Waals surface area contributed by atoms with Gasteiger partial charge in [0.05, 0.1) is 11.6 Å². The third-order valence-electron chi connectivity index (χ3n) is 3.61. The lowest BCUT2D eigenvalue weighted by Gasteiger charge is -2.28. The zero-order valence-corrected chi connectivity index (χ0v) is 12.3. The van der Waals surface area contributed by atoms with Gasteiger partial charge in [-0.2, -0.15) is 0 Å². The van der Waals surface area contributed by atoms with Crippen LogP contribution in [0.3, 0.4) is 0 Å². The average molecular weight is 271 g/mol. The molecular weight excluding hydrogens is 250 g/mol. The van der Waals surface area contributed by atoms with Crippen LogP contribution in [0.5, 0.6) is 0 Å². The Balaban J connectivity index is 2.17. The highest BCUT2D eigenvalue weighted by Gasteiger charge is 2.32. The first-order valence-corrected chi connectivity index (χ1v) is 6.92. The summed E-state index contributed by atoms with van der Waals surface area (Å²) in [6, 6.07) is 9.86. The summed E-state index contributed by atoms with van der Waals surface area (Å²) in [7, 11) is 0. The molecule has 0 radical (unpaired) electrons. The van der Waals surface area contributed by atoms with Crippen LogP contribution < -0.4 is 0 Å². The smallest absolute Gasteiger partial charge is 0.168 e. The number of aliphatic hydroxyl groups excluding tert-OH is 1. The minimum Gasteiger partial charge on any atom is -0.511 e. The molecule has 1 aromatic carbocycles. The molecule has 1 aliphatic carbocycles. The maximum atomic E-state index is 12.1. The number of ketones is 1. The van der Waals surface area contributed by atoms with Gasteiger partial charge in [0, 0.05) is 19.1 Å². The Hall–Kier alpha value is -1.90. The van der Waals surface area contributed by atoms with Crippen LogP contribution in [0.4, 0.5) is 0 Å². The van der Waals surface area contributed by atoms with Crippen LogP contribution in [0.15, 0.2) is 46.7 Å². The summed E-state index contributed by atoms with van der Waals surface area (Å²) in [6.07, 6.45) is 2.52. The number of hydrogen-bond donors (Lipinski definition) is 1. The molecule has 0 aliphatic heterocycles. The van der Waals surface area contributed by atoms with Gasteiger partial charge in [-0.25, -0.2) is 0 Å². The van der Waals surface area contributed by atoms with Crippen LogP contribution in [-0.4, -0.2) is 17.1 Å². The van der Waals surface area contributed by atoms with E-state index in [1.807, 2.05) is 51.1 Å². The van der Waals surface area contributed by atoms with Crippen molar-refractivity contribution >= 4 is 12.0 Å². The van der Waals surface area contributed by atoms with Crippen LogP contribution in [-0.2, 0) is 4.79 Å². The van der Waals surface area contributed by atoms with Crippen LogP contribution >= 0.6 is 0 Å². The van der Waals surface area contributed by atoms with E-state index in [-0.39, 0.29) is 23.0 Å². The lowest BCUT2D eigenvalue weighted by molar-refractivity contribution is -0.117. The van der Waals surface area contributed by atoms with Gasteiger partial charge in [0.25, 0.3) is 0 Å². The van der Waals surface area contributed by atoms with Crippen molar-refractivity contribution in [2.24, 2.45) is 10.4 Å². The first-order valence-electron chi connectivity index (χ1n) is 6.92. The van der Waals surface area contributed by atoms with Crippen molar-refractivity contribution in [3.05, 3.63) is 47.2 Å². The van der Waals surface area contributed by atoms with E-state index in [1.165, 1.54) is 6.21 Å². The van der Waals surface area contributed by atoms with Gasteiger partial charge in [0.2, 0.25) is 0 Å². The number of nitrogens with zero attached hydrogens (tertiary/aromatic N) is 1. The van der Waals surface area contributed by atoms with Crippen LogP contribution in [0.2, 0.25) is 0 Å². The summed E-state index contributed by atoms with van der Waals surface area (Å²) in [4.78, 5) is 16.5. The minimum absolute atomic E-state index is 0.0252. The second-order valence-corrected chi connectivity index (χ2v) is 6.17. The highest BCUT2D eigenvalue weighted by molar-refractivity contribution is 6.14. The summed E-state index contributed by atoms with van der Waals surface area (Å²) in [5, 5.41) is 10.0. The zero-order chi connectivity index (χ0) is 14.8. The van der Waals surface area contributed by atoms with Crippen molar-refractivity contribution in [1.29, 1.82) is 0 Å². The summed E-state index contributed by atoms with van der Waals surface area (Å²) in [5.74, 6) is 0.137. The molecule has 0 aromatic heterocycles. The van der Waals surface area contributed by atoms with E-state index >= 15 is 0 Å². The van der Waals surface area contributed by atoms with Crippen LogP contribution in [0.1, 0.15) is 45.2 Å². The number of allylic oxidation sites excluding steroid dienone is 2. The number of benzene rings is 1. The summed E-state index contributed by atoms with van der Waals surface area (Å²) in [6.45, 7) is 5.95. The van der Waals surface area contributed by atoms with E-state index in [0.717, 1.165) is 5.56 Å². The molecule has 1 aliphatic rings. The fourth-order valence-corrected chi connectivity index (χ4v) is 2.45. The normalized spacial score (nSPS) is 20.4. The quantitative estimate of drug-likeness (QED) is 0.844. The van der Waals surface area contributed by atoms with Crippen molar-refractivity contribution in [3.8, 4) is 0 Å². The Bertz CT molecular complexity index is 556. The van der Waals surface area contributed by atoms with Crippen molar-refractivity contribution in [2.45, 2.75) is 39.7 Å². The van der Waals surface area contributed by atoms with Gasteiger partial charge < -0.3 is 5.11 Å². The minimum atomic E-state index is -0.163. The molecule has 3 heteroatoms. The van der Waals surface area contributed by atoms with Crippen molar-refractivity contribution < 1.29 is 9.90 Å². The number of Topliss-reactive ketones (excluding diaryl/α,β-unsaturated/α-hetero) is 1. The van der Waals surface area contributed by atoms with E-state index in [0.29, 0.717) is 18.4 Å². The maximum absolute atomic E-state index is 12.1. The molecule has 1 N–H and O–H groups in total. The monoisotopic (exact) mass is 271 g/mol. The lowest BCUT2D eigenvalue weighted by atomic mass is 9.77. The van der Waals surface area contributed by atoms with Crippen LogP contribution in [0.25, 0.3) is 0 Å². The first-order chi connectivity index (χ1) is 9.39. The number of hydrogen-bond acceptors (Lipinski definition) is 3. The molecule has 0 amide bonds. The fourth-order valence-electron chi connectivity index (χ4n) is 2.45. The van der Waals surface area contributed by atoms with Gasteiger partial charge >= 0.3 is 0 Å². The molecule has 0 unspecified atom stereocenters. The fraction of sp³-hybridized carbons (Fsp3) is 0.412. The van der Waals surface area contributed by atoms with Gasteiger partial charge in [-0.1, -0.05) is 44.2 Å². The summed E-state index contributed by atoms with van der Waals surface area (Å²) < 4.78 is 0. The van der Waals surface area contributed by atoms with E-state index < -0.39 is 0 Å². The summed E-state index contributed by atoms with van der Waals surface area (Å²) in [5.41, 5.74) is 1.29. The Morgan fingerprint density at radius 1 is 1.25 bits per heavy atom. The van der Waals surface area contributed by atoms with Gasteiger partial charge in [0.1, 0.15) is 5.76 Å². The number of aliphatic imine (C=N–C) groups is 1. The molecule has 0 heterocycles. The number of carbonyl (C=O) groups is 1. The standard InChI is InChI=1S/C17H21NO2/c1-12(13-7-5-4-6-8-13)18-11-14-15(19)9-17(2,3)10-16(14)20/h4-8,11-12,19H,9-10H2,1-3H3/t12-/m1/s1. The van der Waals surface area contributed by atoms with E-state index in [4.69, 9.17) is 0 Å². The molecule has 106 valence electrons. The van der Waals surface area contributed by atoms with Gasteiger partial charge in [-0.3, -0.25) is 9.79 Å². The highest BCUT2D eigenvalue weighted by atomic mass is 16.3.